The second-order valence-corrected chi connectivity index (χ2v) is 4.35. The van der Waals surface area contributed by atoms with E-state index in [9.17, 15) is 4.79 Å². The molecule has 0 fully saturated rings. The molecule has 0 unspecified atom stereocenters. The van der Waals surface area contributed by atoms with Crippen molar-refractivity contribution in [1.29, 1.82) is 0 Å². The van der Waals surface area contributed by atoms with Gasteiger partial charge in [0.05, 0.1) is 18.5 Å². The van der Waals surface area contributed by atoms with E-state index in [0.29, 0.717) is 17.2 Å². The maximum absolute atomic E-state index is 12.2. The summed E-state index contributed by atoms with van der Waals surface area (Å²) in [6, 6.07) is 0. The van der Waals surface area contributed by atoms with Crippen molar-refractivity contribution < 1.29 is 9.90 Å². The monoisotopic (exact) mass is 252 g/mol. The smallest absolute Gasteiger partial charge is 0.274 e. The average Bonchev–Trinajstić information content (AvgIpc) is 2.37. The van der Waals surface area contributed by atoms with Gasteiger partial charge >= 0.3 is 0 Å². The molecule has 0 bridgehead atoms. The van der Waals surface area contributed by atoms with E-state index in [1.807, 2.05) is 13.8 Å². The van der Waals surface area contributed by atoms with Crippen LogP contribution in [0.1, 0.15) is 36.1 Å². The van der Waals surface area contributed by atoms with Crippen LogP contribution in [-0.2, 0) is 0 Å². The molecule has 1 aromatic rings. The topological polar surface area (TPSA) is 78.4 Å². The SMILES string of the molecule is CNc1cnc(C(C)C)nc1C(=O)N(C)CCO. The summed E-state index contributed by atoms with van der Waals surface area (Å²) in [4.78, 5) is 22.1. The fourth-order valence-electron chi connectivity index (χ4n) is 1.45. The third-order valence-corrected chi connectivity index (χ3v) is 2.58. The Morgan fingerprint density at radius 1 is 1.56 bits per heavy atom. The van der Waals surface area contributed by atoms with Crippen LogP contribution in [0.3, 0.4) is 0 Å². The molecule has 0 radical (unpaired) electrons. The summed E-state index contributed by atoms with van der Waals surface area (Å²) in [5.41, 5.74) is 0.932. The van der Waals surface area contributed by atoms with Crippen molar-refractivity contribution in [3.63, 3.8) is 0 Å². The first-order chi connectivity index (χ1) is 8.51. The van der Waals surface area contributed by atoms with E-state index >= 15 is 0 Å². The fraction of sp³-hybridized carbons (Fsp3) is 0.583. The van der Waals surface area contributed by atoms with Crippen molar-refractivity contribution >= 4 is 11.6 Å². The van der Waals surface area contributed by atoms with Gasteiger partial charge in [0.1, 0.15) is 5.82 Å². The number of nitrogens with zero attached hydrogens (tertiary/aromatic N) is 3. The molecule has 1 rings (SSSR count). The maximum Gasteiger partial charge on any atom is 0.274 e. The molecule has 6 heteroatoms. The van der Waals surface area contributed by atoms with Crippen LogP contribution in [0.2, 0.25) is 0 Å². The van der Waals surface area contributed by atoms with E-state index in [-0.39, 0.29) is 25.0 Å². The lowest BCUT2D eigenvalue weighted by Gasteiger charge is -2.17. The van der Waals surface area contributed by atoms with Gasteiger partial charge in [-0.2, -0.15) is 0 Å². The van der Waals surface area contributed by atoms with Gasteiger partial charge in [-0.1, -0.05) is 13.8 Å². The van der Waals surface area contributed by atoms with Crippen molar-refractivity contribution in [3.05, 3.63) is 17.7 Å². The van der Waals surface area contributed by atoms with Gasteiger partial charge in [0.15, 0.2) is 5.69 Å². The van der Waals surface area contributed by atoms with Crippen molar-refractivity contribution in [2.45, 2.75) is 19.8 Å². The van der Waals surface area contributed by atoms with Crippen LogP contribution in [0.4, 0.5) is 5.69 Å². The second kappa shape index (κ2) is 6.30. The van der Waals surface area contributed by atoms with Gasteiger partial charge in [-0.3, -0.25) is 4.79 Å². The van der Waals surface area contributed by atoms with Gasteiger partial charge < -0.3 is 15.3 Å². The Morgan fingerprint density at radius 3 is 2.72 bits per heavy atom. The zero-order valence-corrected chi connectivity index (χ0v) is 11.3. The standard InChI is InChI=1S/C12H20N4O2/c1-8(2)11-14-7-9(13-3)10(15-11)12(18)16(4)5-6-17/h7-8,13,17H,5-6H2,1-4H3. The minimum Gasteiger partial charge on any atom is -0.395 e. The van der Waals surface area contributed by atoms with Gasteiger partial charge in [0.2, 0.25) is 0 Å². The Balaban J connectivity index is 3.11. The third-order valence-electron chi connectivity index (χ3n) is 2.58. The summed E-state index contributed by atoms with van der Waals surface area (Å²) in [5, 5.41) is 11.8. The molecular formula is C12H20N4O2. The Labute approximate surface area is 107 Å². The molecule has 1 aromatic heterocycles. The lowest BCUT2D eigenvalue weighted by molar-refractivity contribution is 0.0761. The molecule has 0 atom stereocenters. The molecule has 1 heterocycles. The maximum atomic E-state index is 12.2. The van der Waals surface area contributed by atoms with Crippen molar-refractivity contribution in [2.75, 3.05) is 32.6 Å². The predicted molar refractivity (Wildman–Crippen MR) is 69.7 cm³/mol. The molecule has 6 nitrogen and oxygen atoms in total. The van der Waals surface area contributed by atoms with Crippen LogP contribution in [0.25, 0.3) is 0 Å². The predicted octanol–water partition coefficient (Wildman–Crippen LogP) is 0.706. The number of aliphatic hydroxyl groups excluding tert-OH is 1. The van der Waals surface area contributed by atoms with Gasteiger partial charge in [0, 0.05) is 26.6 Å². The number of likely N-dealkylation sites (N-methyl/N-ethyl adjacent to an activating group) is 1. The van der Waals surface area contributed by atoms with E-state index in [4.69, 9.17) is 5.11 Å². The summed E-state index contributed by atoms with van der Waals surface area (Å²) in [6.45, 7) is 4.16. The number of rotatable bonds is 5. The number of hydrogen-bond donors (Lipinski definition) is 2. The van der Waals surface area contributed by atoms with E-state index in [2.05, 4.69) is 15.3 Å². The Kier molecular flexibility index (Phi) is 5.03. The second-order valence-electron chi connectivity index (χ2n) is 4.35. The number of aromatic nitrogens is 2. The molecule has 100 valence electrons. The lowest BCUT2D eigenvalue weighted by Crippen LogP contribution is -2.31. The van der Waals surface area contributed by atoms with Crippen LogP contribution in [0.5, 0.6) is 0 Å². The number of aliphatic hydroxyl groups is 1. The van der Waals surface area contributed by atoms with Crippen molar-refractivity contribution in [2.24, 2.45) is 0 Å². The van der Waals surface area contributed by atoms with Gasteiger partial charge in [-0.25, -0.2) is 9.97 Å². The number of amides is 1. The highest BCUT2D eigenvalue weighted by molar-refractivity contribution is 5.97. The molecule has 0 aromatic carbocycles. The Hall–Kier alpha value is -1.69. The van der Waals surface area contributed by atoms with Crippen LogP contribution >= 0.6 is 0 Å². The van der Waals surface area contributed by atoms with E-state index in [0.717, 1.165) is 0 Å². The molecule has 0 aliphatic carbocycles. The summed E-state index contributed by atoms with van der Waals surface area (Å²) in [5.74, 6) is 0.568. The zero-order chi connectivity index (χ0) is 13.7. The van der Waals surface area contributed by atoms with E-state index in [1.165, 1.54) is 4.90 Å². The highest BCUT2D eigenvalue weighted by Crippen LogP contribution is 2.17. The van der Waals surface area contributed by atoms with Crippen LogP contribution in [0.15, 0.2) is 6.20 Å². The molecular weight excluding hydrogens is 232 g/mol. The van der Waals surface area contributed by atoms with Gasteiger partial charge in [-0.05, 0) is 0 Å². The summed E-state index contributed by atoms with van der Waals surface area (Å²) in [7, 11) is 3.35. The molecule has 0 spiro atoms. The quantitative estimate of drug-likeness (QED) is 0.806. The average molecular weight is 252 g/mol. The third kappa shape index (κ3) is 3.16. The van der Waals surface area contributed by atoms with Crippen molar-refractivity contribution in [1.82, 2.24) is 14.9 Å². The number of hydrogen-bond acceptors (Lipinski definition) is 5. The number of carbonyl (C=O) groups is 1. The fourth-order valence-corrected chi connectivity index (χ4v) is 1.45. The van der Waals surface area contributed by atoms with Crippen LogP contribution < -0.4 is 5.32 Å². The zero-order valence-electron chi connectivity index (χ0n) is 11.3. The summed E-state index contributed by atoms with van der Waals surface area (Å²) in [6.07, 6.45) is 1.61. The number of carbonyl (C=O) groups excluding carboxylic acids is 1. The summed E-state index contributed by atoms with van der Waals surface area (Å²) < 4.78 is 0. The molecule has 0 saturated carbocycles. The first-order valence-electron chi connectivity index (χ1n) is 5.92. The minimum absolute atomic E-state index is 0.0702. The Bertz CT molecular complexity index is 421. The molecule has 2 N–H and O–H groups in total. The van der Waals surface area contributed by atoms with Gasteiger partial charge in [-0.15, -0.1) is 0 Å². The Morgan fingerprint density at radius 2 is 2.22 bits per heavy atom. The number of anilines is 1. The number of nitrogens with one attached hydrogen (secondary N) is 1. The first kappa shape index (κ1) is 14.4. The van der Waals surface area contributed by atoms with E-state index in [1.54, 1.807) is 20.3 Å². The minimum atomic E-state index is -0.224. The highest BCUT2D eigenvalue weighted by atomic mass is 16.3. The van der Waals surface area contributed by atoms with Crippen LogP contribution in [0, 0.1) is 0 Å². The molecule has 0 aliphatic heterocycles. The summed E-state index contributed by atoms with van der Waals surface area (Å²) >= 11 is 0. The molecule has 0 aliphatic rings. The largest absolute Gasteiger partial charge is 0.395 e. The molecule has 0 saturated heterocycles. The van der Waals surface area contributed by atoms with Crippen LogP contribution in [-0.4, -0.2) is 53.1 Å². The highest BCUT2D eigenvalue weighted by Gasteiger charge is 2.19. The normalized spacial score (nSPS) is 10.6. The van der Waals surface area contributed by atoms with E-state index < -0.39 is 0 Å². The first-order valence-corrected chi connectivity index (χ1v) is 5.92. The molecule has 18 heavy (non-hydrogen) atoms. The lowest BCUT2D eigenvalue weighted by atomic mass is 10.2. The van der Waals surface area contributed by atoms with Gasteiger partial charge in [0.25, 0.3) is 5.91 Å². The molecule has 1 amide bonds. The van der Waals surface area contributed by atoms with Crippen molar-refractivity contribution in [3.8, 4) is 0 Å².